The Balaban J connectivity index is 1.45. The summed E-state index contributed by atoms with van der Waals surface area (Å²) in [7, 11) is 0. The third kappa shape index (κ3) is 11.2. The fourth-order valence-electron chi connectivity index (χ4n) is 7.49. The van der Waals surface area contributed by atoms with Crippen molar-refractivity contribution in [2.75, 3.05) is 0 Å². The van der Waals surface area contributed by atoms with Crippen LogP contribution in [-0.4, -0.2) is 4.90 Å². The second kappa shape index (κ2) is 18.5. The molecule has 0 aliphatic rings. The van der Waals surface area contributed by atoms with Crippen LogP contribution in [-0.2, 0) is 55.7 Å². The van der Waals surface area contributed by atoms with Crippen LogP contribution in [0.5, 0.6) is 17.2 Å². The highest BCUT2D eigenvalue weighted by atomic mass is 16.5. The summed E-state index contributed by atoms with van der Waals surface area (Å²) in [4.78, 5) is 2.53. The van der Waals surface area contributed by atoms with Crippen LogP contribution in [0.1, 0.15) is 112 Å². The molecule has 0 heterocycles. The Morgan fingerprint density at radius 1 is 0.328 bits per heavy atom. The fourth-order valence-corrected chi connectivity index (χ4v) is 7.49. The van der Waals surface area contributed by atoms with E-state index in [0.717, 1.165) is 50.6 Å². The van der Waals surface area contributed by atoms with Gasteiger partial charge in [0.1, 0.15) is 37.1 Å². The summed E-state index contributed by atoms with van der Waals surface area (Å²) in [5, 5.41) is 0. The van der Waals surface area contributed by atoms with Crippen LogP contribution in [0.15, 0.2) is 146 Å². The molecule has 0 atom stereocenters. The second-order valence-corrected chi connectivity index (χ2v) is 18.6. The van der Waals surface area contributed by atoms with Crippen molar-refractivity contribution in [3.05, 3.63) is 196 Å². The molecule has 4 heteroatoms. The normalized spacial score (nSPS) is 12.1. The smallest absolute Gasteiger partial charge is 0.128 e. The molecule has 6 aromatic rings. The highest BCUT2D eigenvalue weighted by molar-refractivity contribution is 5.49. The molecule has 6 rings (SSSR count). The average molecular weight is 774 g/mol. The van der Waals surface area contributed by atoms with E-state index in [4.69, 9.17) is 14.2 Å². The molecule has 58 heavy (non-hydrogen) atoms. The van der Waals surface area contributed by atoms with Crippen molar-refractivity contribution in [3.63, 3.8) is 0 Å². The Labute approximate surface area is 348 Å². The Hall–Kier alpha value is -5.32. The summed E-state index contributed by atoms with van der Waals surface area (Å²) in [6.07, 6.45) is 0. The lowest BCUT2D eigenvalue weighted by Crippen LogP contribution is -2.26. The Bertz CT molecular complexity index is 1950. The van der Waals surface area contributed by atoms with Gasteiger partial charge in [-0.05, 0) is 49.6 Å². The number of nitrogens with zero attached hydrogens (tertiary/aromatic N) is 1. The van der Waals surface area contributed by atoms with Crippen molar-refractivity contribution < 1.29 is 14.2 Å². The number of rotatable bonds is 15. The first kappa shape index (κ1) is 42.3. The summed E-state index contributed by atoms with van der Waals surface area (Å²) < 4.78 is 20.6. The minimum absolute atomic E-state index is 0.119. The zero-order valence-electron chi connectivity index (χ0n) is 36.3. The van der Waals surface area contributed by atoms with Crippen molar-refractivity contribution in [2.24, 2.45) is 0 Å². The van der Waals surface area contributed by atoms with E-state index >= 15 is 0 Å². The number of hydrogen-bond donors (Lipinski definition) is 0. The van der Waals surface area contributed by atoms with Gasteiger partial charge in [0, 0.05) is 36.3 Å². The zero-order chi connectivity index (χ0) is 41.3. The fraction of sp³-hybridized carbons (Fsp3) is 0.333. The molecule has 4 nitrogen and oxygen atoms in total. The second-order valence-electron chi connectivity index (χ2n) is 18.6. The molecule has 0 radical (unpaired) electrons. The Kier molecular flexibility index (Phi) is 13.5. The number of hydrogen-bond acceptors (Lipinski definition) is 4. The summed E-state index contributed by atoms with van der Waals surface area (Å²) >= 11 is 0. The van der Waals surface area contributed by atoms with Crippen LogP contribution < -0.4 is 14.2 Å². The predicted molar refractivity (Wildman–Crippen MR) is 241 cm³/mol. The van der Waals surface area contributed by atoms with E-state index in [1.165, 1.54) is 16.7 Å². The SMILES string of the molecule is CC(C)(C)c1cccc(CN(Cc2cccc(C(C)(C)C)c2OCc2ccccc2)Cc2cccc(C(C)(C)C)c2OCc2ccccc2)c1OCc1ccccc1. The van der Waals surface area contributed by atoms with Crippen LogP contribution in [0.25, 0.3) is 0 Å². The van der Waals surface area contributed by atoms with Gasteiger partial charge >= 0.3 is 0 Å². The van der Waals surface area contributed by atoms with Crippen molar-refractivity contribution in [1.82, 2.24) is 4.90 Å². The summed E-state index contributed by atoms with van der Waals surface area (Å²) in [6.45, 7) is 23.9. The van der Waals surface area contributed by atoms with Crippen LogP contribution in [0, 0.1) is 0 Å². The highest BCUT2D eigenvalue weighted by Crippen LogP contribution is 2.40. The van der Waals surface area contributed by atoms with Gasteiger partial charge in [0.05, 0.1) is 0 Å². The average Bonchev–Trinajstić information content (AvgIpc) is 3.19. The van der Waals surface area contributed by atoms with E-state index in [9.17, 15) is 0 Å². The molecule has 0 amide bonds. The van der Waals surface area contributed by atoms with Gasteiger partial charge in [-0.15, -0.1) is 0 Å². The van der Waals surface area contributed by atoms with Gasteiger partial charge in [-0.25, -0.2) is 0 Å². The molecular formula is C54H63NO3. The van der Waals surface area contributed by atoms with Crippen molar-refractivity contribution in [1.29, 1.82) is 0 Å². The standard InChI is InChI=1S/C54H63NO3/c1-52(2,3)46-31-19-28-43(49(46)56-37-40-22-13-10-14-23-40)34-55(35-44-29-20-32-47(53(4,5)6)50(44)57-38-41-24-15-11-16-25-41)36-45-30-21-33-48(54(7,8)9)51(45)58-39-42-26-17-12-18-27-42/h10-33H,34-39H2,1-9H3. The molecule has 0 saturated heterocycles. The maximum Gasteiger partial charge on any atom is 0.128 e. The maximum atomic E-state index is 6.86. The molecule has 0 bridgehead atoms. The highest BCUT2D eigenvalue weighted by Gasteiger charge is 2.27. The van der Waals surface area contributed by atoms with E-state index in [1.807, 2.05) is 0 Å². The molecule has 0 aliphatic carbocycles. The molecule has 6 aromatic carbocycles. The van der Waals surface area contributed by atoms with Gasteiger partial charge < -0.3 is 14.2 Å². The molecule has 0 saturated carbocycles. The first-order valence-corrected chi connectivity index (χ1v) is 20.8. The lowest BCUT2D eigenvalue weighted by atomic mass is 9.84. The van der Waals surface area contributed by atoms with Gasteiger partial charge in [-0.3, -0.25) is 4.90 Å². The van der Waals surface area contributed by atoms with E-state index in [0.29, 0.717) is 39.5 Å². The molecule has 0 aromatic heterocycles. The lowest BCUT2D eigenvalue weighted by molar-refractivity contribution is 0.221. The summed E-state index contributed by atoms with van der Waals surface area (Å²) in [5.74, 6) is 2.87. The van der Waals surface area contributed by atoms with Gasteiger partial charge in [0.2, 0.25) is 0 Å². The Morgan fingerprint density at radius 3 is 0.828 bits per heavy atom. The number of para-hydroxylation sites is 3. The molecule has 302 valence electrons. The van der Waals surface area contributed by atoms with Gasteiger partial charge in [0.15, 0.2) is 0 Å². The third-order valence-electron chi connectivity index (χ3n) is 10.6. The third-order valence-corrected chi connectivity index (χ3v) is 10.6. The largest absolute Gasteiger partial charge is 0.488 e. The first-order chi connectivity index (χ1) is 27.7. The topological polar surface area (TPSA) is 30.9 Å². The van der Waals surface area contributed by atoms with E-state index in [2.05, 4.69) is 213 Å². The van der Waals surface area contributed by atoms with Crippen molar-refractivity contribution >= 4 is 0 Å². The molecule has 0 N–H and O–H groups in total. The van der Waals surface area contributed by atoms with Gasteiger partial charge in [-0.1, -0.05) is 208 Å². The van der Waals surface area contributed by atoms with Crippen LogP contribution >= 0.6 is 0 Å². The maximum absolute atomic E-state index is 6.86. The quantitative estimate of drug-likeness (QED) is 0.104. The molecule has 0 unspecified atom stereocenters. The monoisotopic (exact) mass is 773 g/mol. The van der Waals surface area contributed by atoms with Crippen LogP contribution in [0.4, 0.5) is 0 Å². The molecule has 0 fully saturated rings. The van der Waals surface area contributed by atoms with E-state index < -0.39 is 0 Å². The predicted octanol–water partition coefficient (Wildman–Crippen LogP) is 13.5. The van der Waals surface area contributed by atoms with E-state index in [-0.39, 0.29) is 16.2 Å². The van der Waals surface area contributed by atoms with Gasteiger partial charge in [0.25, 0.3) is 0 Å². The Morgan fingerprint density at radius 2 is 0.586 bits per heavy atom. The zero-order valence-corrected chi connectivity index (χ0v) is 36.3. The van der Waals surface area contributed by atoms with Gasteiger partial charge in [-0.2, -0.15) is 0 Å². The van der Waals surface area contributed by atoms with Crippen LogP contribution in [0.2, 0.25) is 0 Å². The number of ether oxygens (including phenoxy) is 3. The van der Waals surface area contributed by atoms with E-state index in [1.54, 1.807) is 0 Å². The molecule has 0 spiro atoms. The molecule has 0 aliphatic heterocycles. The lowest BCUT2D eigenvalue weighted by Gasteiger charge is -2.31. The first-order valence-electron chi connectivity index (χ1n) is 20.8. The van der Waals surface area contributed by atoms with Crippen molar-refractivity contribution in [3.8, 4) is 17.2 Å². The molecular weight excluding hydrogens is 711 g/mol. The minimum Gasteiger partial charge on any atom is -0.488 e. The van der Waals surface area contributed by atoms with Crippen LogP contribution in [0.3, 0.4) is 0 Å². The summed E-state index contributed by atoms with van der Waals surface area (Å²) in [6, 6.07) is 51.3. The van der Waals surface area contributed by atoms with Crippen molar-refractivity contribution in [2.45, 2.75) is 118 Å². The summed E-state index contributed by atoms with van der Waals surface area (Å²) in [5.41, 5.74) is 10.1. The number of benzene rings is 6. The minimum atomic E-state index is -0.119.